The van der Waals surface area contributed by atoms with E-state index in [1.807, 2.05) is 48.5 Å². The van der Waals surface area contributed by atoms with E-state index in [0.717, 1.165) is 16.8 Å². The summed E-state index contributed by atoms with van der Waals surface area (Å²) in [5.74, 6) is 6.18. The van der Waals surface area contributed by atoms with E-state index in [9.17, 15) is 4.79 Å². The number of fused-ring (bicyclic) bond motifs is 2. The van der Waals surface area contributed by atoms with Gasteiger partial charge in [0.25, 0.3) is 5.91 Å². The summed E-state index contributed by atoms with van der Waals surface area (Å²) in [4.78, 5) is 14.1. The molecule has 1 aliphatic heterocycles. The lowest BCUT2D eigenvalue weighted by Gasteiger charge is -2.21. The quantitative estimate of drug-likeness (QED) is 0.641. The van der Waals surface area contributed by atoms with Crippen molar-refractivity contribution in [1.82, 2.24) is 0 Å². The Bertz CT molecular complexity index is 691. The smallest absolute Gasteiger partial charge is 0.259 e. The average molecular weight is 233 g/mol. The molecule has 0 aliphatic carbocycles. The highest BCUT2D eigenvalue weighted by Crippen LogP contribution is 2.23. The molecule has 86 valence electrons. The number of carbonyl (C=O) groups is 1. The molecule has 2 nitrogen and oxygen atoms in total. The predicted octanol–water partition coefficient (Wildman–Crippen LogP) is 2.68. The van der Waals surface area contributed by atoms with Gasteiger partial charge in [-0.2, -0.15) is 0 Å². The molecular formula is C16H11NO. The summed E-state index contributed by atoms with van der Waals surface area (Å²) in [5, 5.41) is 0. The summed E-state index contributed by atoms with van der Waals surface area (Å²) in [6.07, 6.45) is 0. The van der Waals surface area contributed by atoms with Gasteiger partial charge in [0.15, 0.2) is 0 Å². The first-order valence-electron chi connectivity index (χ1n) is 5.75. The lowest BCUT2D eigenvalue weighted by molar-refractivity contribution is 0.0992. The van der Waals surface area contributed by atoms with Crippen LogP contribution in [0.4, 0.5) is 5.69 Å². The Balaban J connectivity index is 2.30. The molecule has 0 spiro atoms. The van der Waals surface area contributed by atoms with Crippen LogP contribution in [0.1, 0.15) is 21.5 Å². The first kappa shape index (κ1) is 10.6. The zero-order valence-corrected chi connectivity index (χ0v) is 9.97. The van der Waals surface area contributed by atoms with Crippen LogP contribution in [0, 0.1) is 11.8 Å². The van der Waals surface area contributed by atoms with E-state index in [2.05, 4.69) is 11.8 Å². The summed E-state index contributed by atoms with van der Waals surface area (Å²) in [6.45, 7) is 0. The molecule has 2 aromatic carbocycles. The van der Waals surface area contributed by atoms with Crippen molar-refractivity contribution in [2.24, 2.45) is 0 Å². The zero-order chi connectivity index (χ0) is 12.5. The Labute approximate surface area is 106 Å². The minimum atomic E-state index is -0.0212. The Hall–Kier alpha value is -2.53. The number of nitrogens with zero attached hydrogens (tertiary/aromatic N) is 1. The number of hydrogen-bond acceptors (Lipinski definition) is 1. The van der Waals surface area contributed by atoms with Gasteiger partial charge in [0, 0.05) is 18.2 Å². The van der Waals surface area contributed by atoms with Gasteiger partial charge < -0.3 is 4.90 Å². The first-order chi connectivity index (χ1) is 8.77. The average Bonchev–Trinajstić information content (AvgIpc) is 2.43. The molecule has 18 heavy (non-hydrogen) atoms. The van der Waals surface area contributed by atoms with Crippen LogP contribution in [-0.4, -0.2) is 13.0 Å². The highest BCUT2D eigenvalue weighted by Gasteiger charge is 2.19. The Morgan fingerprint density at radius 1 is 0.889 bits per heavy atom. The number of amides is 1. The maximum atomic E-state index is 12.4. The highest BCUT2D eigenvalue weighted by atomic mass is 16.2. The van der Waals surface area contributed by atoms with E-state index >= 15 is 0 Å². The first-order valence-corrected chi connectivity index (χ1v) is 5.75. The minimum Gasteiger partial charge on any atom is -0.310 e. The van der Waals surface area contributed by atoms with Gasteiger partial charge in [-0.15, -0.1) is 0 Å². The fourth-order valence-electron chi connectivity index (χ4n) is 2.08. The summed E-state index contributed by atoms with van der Waals surface area (Å²) in [7, 11) is 1.78. The minimum absolute atomic E-state index is 0.0212. The maximum absolute atomic E-state index is 12.4. The van der Waals surface area contributed by atoms with Crippen LogP contribution in [0.15, 0.2) is 48.5 Å². The van der Waals surface area contributed by atoms with Gasteiger partial charge in [-0.25, -0.2) is 0 Å². The van der Waals surface area contributed by atoms with Crippen molar-refractivity contribution in [3.63, 3.8) is 0 Å². The Kier molecular flexibility index (Phi) is 2.39. The largest absolute Gasteiger partial charge is 0.310 e. The lowest BCUT2D eigenvalue weighted by atomic mass is 10.0. The molecule has 0 bridgehead atoms. The van der Waals surface area contributed by atoms with E-state index < -0.39 is 0 Å². The predicted molar refractivity (Wildman–Crippen MR) is 71.6 cm³/mol. The third kappa shape index (κ3) is 1.57. The second-order valence-electron chi connectivity index (χ2n) is 4.18. The second kappa shape index (κ2) is 4.05. The normalized spacial score (nSPS) is 12.7. The van der Waals surface area contributed by atoms with Gasteiger partial charge in [0.1, 0.15) is 0 Å². The van der Waals surface area contributed by atoms with Crippen molar-refractivity contribution in [3.8, 4) is 11.8 Å². The molecule has 3 rings (SSSR count). The van der Waals surface area contributed by atoms with Crippen LogP contribution in [0.25, 0.3) is 0 Å². The fourth-order valence-corrected chi connectivity index (χ4v) is 2.08. The van der Waals surface area contributed by atoms with Crippen molar-refractivity contribution in [3.05, 3.63) is 65.2 Å². The van der Waals surface area contributed by atoms with Gasteiger partial charge in [0.2, 0.25) is 0 Å². The Morgan fingerprint density at radius 2 is 1.50 bits per heavy atom. The third-order valence-electron chi connectivity index (χ3n) is 3.06. The van der Waals surface area contributed by atoms with Crippen LogP contribution < -0.4 is 4.90 Å². The molecule has 1 aliphatic rings. The van der Waals surface area contributed by atoms with Gasteiger partial charge >= 0.3 is 0 Å². The van der Waals surface area contributed by atoms with E-state index in [1.54, 1.807) is 11.9 Å². The monoisotopic (exact) mass is 233 g/mol. The standard InChI is InChI=1S/C16H11NO/c1-17-15-9-5-3-7-13(15)11-10-12-6-2-4-8-14(12)16(17)18/h2-9H,1H3. The van der Waals surface area contributed by atoms with Gasteiger partial charge in [-0.3, -0.25) is 4.79 Å². The van der Waals surface area contributed by atoms with E-state index in [1.165, 1.54) is 0 Å². The number of rotatable bonds is 0. The van der Waals surface area contributed by atoms with Crippen molar-refractivity contribution in [2.75, 3.05) is 11.9 Å². The van der Waals surface area contributed by atoms with E-state index in [0.29, 0.717) is 5.56 Å². The second-order valence-corrected chi connectivity index (χ2v) is 4.18. The van der Waals surface area contributed by atoms with Crippen molar-refractivity contribution >= 4 is 11.6 Å². The molecule has 0 N–H and O–H groups in total. The third-order valence-corrected chi connectivity index (χ3v) is 3.06. The molecule has 1 heterocycles. The van der Waals surface area contributed by atoms with Crippen LogP contribution in [0.5, 0.6) is 0 Å². The number of anilines is 1. The molecule has 2 heteroatoms. The van der Waals surface area contributed by atoms with Crippen LogP contribution >= 0.6 is 0 Å². The number of para-hydroxylation sites is 1. The maximum Gasteiger partial charge on any atom is 0.259 e. The molecule has 0 fully saturated rings. The van der Waals surface area contributed by atoms with Crippen LogP contribution in [0.2, 0.25) is 0 Å². The molecule has 0 saturated heterocycles. The molecule has 0 aromatic heterocycles. The van der Waals surface area contributed by atoms with E-state index in [4.69, 9.17) is 0 Å². The molecule has 0 unspecified atom stereocenters. The topological polar surface area (TPSA) is 20.3 Å². The molecule has 0 saturated carbocycles. The van der Waals surface area contributed by atoms with Crippen molar-refractivity contribution in [2.45, 2.75) is 0 Å². The zero-order valence-electron chi connectivity index (χ0n) is 9.97. The number of benzene rings is 2. The lowest BCUT2D eigenvalue weighted by Crippen LogP contribution is -2.28. The molecule has 2 aromatic rings. The highest BCUT2D eigenvalue weighted by molar-refractivity contribution is 6.08. The molecule has 1 amide bonds. The number of hydrogen-bond donors (Lipinski definition) is 0. The summed E-state index contributed by atoms with van der Waals surface area (Å²) in [5.41, 5.74) is 3.17. The Morgan fingerprint density at radius 3 is 2.33 bits per heavy atom. The fraction of sp³-hybridized carbons (Fsp3) is 0.0625. The molecule has 0 atom stereocenters. The van der Waals surface area contributed by atoms with Crippen LogP contribution in [0.3, 0.4) is 0 Å². The van der Waals surface area contributed by atoms with Crippen LogP contribution in [-0.2, 0) is 0 Å². The summed E-state index contributed by atoms with van der Waals surface area (Å²) in [6, 6.07) is 15.1. The van der Waals surface area contributed by atoms with Gasteiger partial charge in [-0.05, 0) is 24.3 Å². The molecular weight excluding hydrogens is 222 g/mol. The van der Waals surface area contributed by atoms with Crippen molar-refractivity contribution < 1.29 is 4.79 Å². The van der Waals surface area contributed by atoms with Gasteiger partial charge in [-0.1, -0.05) is 36.1 Å². The summed E-state index contributed by atoms with van der Waals surface area (Å²) < 4.78 is 0. The SMILES string of the molecule is CN1C(=O)c2ccccc2C#Cc2ccccc21. The van der Waals surface area contributed by atoms with E-state index in [-0.39, 0.29) is 5.91 Å². The molecule has 0 radical (unpaired) electrons. The number of carbonyl (C=O) groups excluding carboxylic acids is 1. The summed E-state index contributed by atoms with van der Waals surface area (Å²) >= 11 is 0. The van der Waals surface area contributed by atoms with Gasteiger partial charge in [0.05, 0.1) is 11.3 Å². The van der Waals surface area contributed by atoms with Crippen molar-refractivity contribution in [1.29, 1.82) is 0 Å².